The van der Waals surface area contributed by atoms with E-state index in [1.165, 1.54) is 5.56 Å². The van der Waals surface area contributed by atoms with Crippen molar-refractivity contribution in [1.82, 2.24) is 9.80 Å². The summed E-state index contributed by atoms with van der Waals surface area (Å²) in [6, 6.07) is 7.43. The number of fused-ring (bicyclic) bond motifs is 3. The number of nitrogens with one attached hydrogen (secondary N) is 1. The molecule has 0 spiro atoms. The molecule has 1 saturated heterocycles. The van der Waals surface area contributed by atoms with Crippen molar-refractivity contribution in [2.75, 3.05) is 52.3 Å². The normalized spacial score (nSPS) is 20.7. The maximum Gasteiger partial charge on any atom is 0.254 e. The molecule has 2 aromatic rings. The molecule has 1 atom stereocenters. The lowest BCUT2D eigenvalue weighted by Crippen LogP contribution is -2.50. The van der Waals surface area contributed by atoms with Crippen LogP contribution in [-0.2, 0) is 16.6 Å². The molecule has 186 valence electrons. The van der Waals surface area contributed by atoms with Crippen molar-refractivity contribution >= 4 is 17.5 Å². The Bertz CT molecular complexity index is 1180. The van der Waals surface area contributed by atoms with Crippen LogP contribution < -0.4 is 19.5 Å². The lowest BCUT2D eigenvalue weighted by atomic mass is 9.83. The zero-order valence-electron chi connectivity index (χ0n) is 21.1. The maximum atomic E-state index is 13.0. The summed E-state index contributed by atoms with van der Waals surface area (Å²) in [6.07, 6.45) is 0.869. The Morgan fingerprint density at radius 1 is 1.11 bits per heavy atom. The van der Waals surface area contributed by atoms with Crippen LogP contribution in [0.15, 0.2) is 24.3 Å². The third-order valence-electron chi connectivity index (χ3n) is 7.47. The van der Waals surface area contributed by atoms with Gasteiger partial charge in [0.1, 0.15) is 11.9 Å². The highest BCUT2D eigenvalue weighted by Gasteiger charge is 2.45. The molecule has 35 heavy (non-hydrogen) atoms. The predicted molar refractivity (Wildman–Crippen MR) is 133 cm³/mol. The highest BCUT2D eigenvalue weighted by Crippen LogP contribution is 2.49. The molecule has 8 heteroatoms. The first kappa shape index (κ1) is 23.5. The van der Waals surface area contributed by atoms with Gasteiger partial charge < -0.3 is 24.4 Å². The summed E-state index contributed by atoms with van der Waals surface area (Å²) < 4.78 is 17.1. The number of piperazine rings is 1. The lowest BCUT2D eigenvalue weighted by molar-refractivity contribution is -0.119. The van der Waals surface area contributed by atoms with Gasteiger partial charge in [0.2, 0.25) is 5.91 Å². The van der Waals surface area contributed by atoms with E-state index in [9.17, 15) is 9.59 Å². The first-order valence-electron chi connectivity index (χ1n) is 12.1. The van der Waals surface area contributed by atoms with E-state index in [4.69, 9.17) is 14.2 Å². The third-order valence-corrected chi connectivity index (χ3v) is 7.47. The van der Waals surface area contributed by atoms with Crippen LogP contribution in [0.3, 0.4) is 0 Å². The Kier molecular flexibility index (Phi) is 5.87. The molecular formula is C27H33N3O5. The van der Waals surface area contributed by atoms with E-state index in [2.05, 4.69) is 16.3 Å². The Labute approximate surface area is 206 Å². The van der Waals surface area contributed by atoms with E-state index in [-0.39, 0.29) is 17.9 Å². The summed E-state index contributed by atoms with van der Waals surface area (Å²) in [5.74, 6) is 2.06. The number of nitrogens with zero attached hydrogens (tertiary/aromatic N) is 2. The van der Waals surface area contributed by atoms with Gasteiger partial charge in [0, 0.05) is 50.3 Å². The average Bonchev–Trinajstić information content (AvgIpc) is 3.35. The molecule has 0 aromatic heterocycles. The van der Waals surface area contributed by atoms with Crippen LogP contribution in [0.25, 0.3) is 0 Å². The molecule has 0 saturated carbocycles. The fourth-order valence-corrected chi connectivity index (χ4v) is 5.43. The van der Waals surface area contributed by atoms with Gasteiger partial charge in [0.15, 0.2) is 11.5 Å². The molecule has 8 nitrogen and oxygen atoms in total. The van der Waals surface area contributed by atoms with Gasteiger partial charge in [-0.05, 0) is 50.1 Å². The van der Waals surface area contributed by atoms with Gasteiger partial charge >= 0.3 is 0 Å². The van der Waals surface area contributed by atoms with Gasteiger partial charge in [0.05, 0.1) is 25.3 Å². The third kappa shape index (κ3) is 3.99. The smallest absolute Gasteiger partial charge is 0.254 e. The van der Waals surface area contributed by atoms with Crippen molar-refractivity contribution in [3.63, 3.8) is 0 Å². The second-order valence-corrected chi connectivity index (χ2v) is 10.1. The monoisotopic (exact) mass is 479 g/mol. The van der Waals surface area contributed by atoms with Crippen molar-refractivity contribution in [2.45, 2.75) is 38.7 Å². The van der Waals surface area contributed by atoms with Crippen molar-refractivity contribution in [2.24, 2.45) is 0 Å². The Morgan fingerprint density at radius 3 is 2.51 bits per heavy atom. The number of ether oxygens (including phenoxy) is 3. The van der Waals surface area contributed by atoms with Crippen LogP contribution in [0.4, 0.5) is 5.69 Å². The van der Waals surface area contributed by atoms with Gasteiger partial charge in [-0.1, -0.05) is 6.07 Å². The van der Waals surface area contributed by atoms with E-state index in [1.54, 1.807) is 32.4 Å². The fraction of sp³-hybridized carbons (Fsp3) is 0.481. The topological polar surface area (TPSA) is 80.3 Å². The molecule has 3 aliphatic heterocycles. The van der Waals surface area contributed by atoms with E-state index >= 15 is 0 Å². The van der Waals surface area contributed by atoms with E-state index in [1.807, 2.05) is 25.7 Å². The second kappa shape index (κ2) is 8.75. The Balaban J connectivity index is 1.21. The van der Waals surface area contributed by atoms with Gasteiger partial charge in [-0.15, -0.1) is 0 Å². The minimum atomic E-state index is -0.601. The van der Waals surface area contributed by atoms with Gasteiger partial charge in [0.25, 0.3) is 5.91 Å². The molecule has 5 rings (SSSR count). The highest BCUT2D eigenvalue weighted by molar-refractivity contribution is 6.07. The second-order valence-electron chi connectivity index (χ2n) is 10.1. The SMILES string of the molecule is COc1ccc(C(=O)N2CCN(CC3Cc4cc(C)c5c(c4O3)C(C)(C)C(=O)N5)CC2)cc1OC. The van der Waals surface area contributed by atoms with Crippen molar-refractivity contribution in [3.8, 4) is 17.2 Å². The lowest BCUT2D eigenvalue weighted by Gasteiger charge is -2.35. The number of carbonyl (C=O) groups is 2. The molecule has 1 fully saturated rings. The molecule has 1 N–H and O–H groups in total. The van der Waals surface area contributed by atoms with Crippen molar-refractivity contribution in [3.05, 3.63) is 46.5 Å². The number of carbonyl (C=O) groups excluding carboxylic acids is 2. The molecule has 1 unspecified atom stereocenters. The molecule has 3 heterocycles. The number of benzene rings is 2. The fourth-order valence-electron chi connectivity index (χ4n) is 5.43. The molecule has 0 bridgehead atoms. The first-order valence-corrected chi connectivity index (χ1v) is 12.1. The number of hydrogen-bond donors (Lipinski definition) is 1. The van der Waals surface area contributed by atoms with Crippen LogP contribution in [0, 0.1) is 6.92 Å². The number of methoxy groups -OCH3 is 2. The largest absolute Gasteiger partial charge is 0.493 e. The molecule has 2 aromatic carbocycles. The van der Waals surface area contributed by atoms with Gasteiger partial charge in [-0.2, -0.15) is 0 Å². The standard InChI is InChI=1S/C27H33N3O5/c1-16-12-18-13-19(35-24(18)22-23(16)28-26(32)27(22,2)3)15-29-8-10-30(11-9-29)25(31)17-6-7-20(33-4)21(14-17)34-5/h6-7,12,14,19H,8-11,13,15H2,1-5H3,(H,28,32). The summed E-state index contributed by atoms with van der Waals surface area (Å²) in [7, 11) is 3.15. The highest BCUT2D eigenvalue weighted by atomic mass is 16.5. The minimum absolute atomic E-state index is 0.000520. The minimum Gasteiger partial charge on any atom is -0.493 e. The summed E-state index contributed by atoms with van der Waals surface area (Å²) >= 11 is 0. The number of rotatable bonds is 5. The average molecular weight is 480 g/mol. The number of hydrogen-bond acceptors (Lipinski definition) is 6. The Hall–Kier alpha value is -3.26. The molecular weight excluding hydrogens is 446 g/mol. The summed E-state index contributed by atoms with van der Waals surface area (Å²) in [4.78, 5) is 29.8. The molecule has 3 aliphatic rings. The predicted octanol–water partition coefficient (Wildman–Crippen LogP) is 3.00. The summed E-state index contributed by atoms with van der Waals surface area (Å²) in [6.45, 7) is 9.65. The zero-order valence-corrected chi connectivity index (χ0v) is 21.1. The molecule has 0 radical (unpaired) electrons. The van der Waals surface area contributed by atoms with Crippen molar-refractivity contribution < 1.29 is 23.8 Å². The van der Waals surface area contributed by atoms with Crippen LogP contribution in [-0.4, -0.2) is 74.7 Å². The van der Waals surface area contributed by atoms with Crippen LogP contribution >= 0.6 is 0 Å². The van der Waals surface area contributed by atoms with E-state index in [0.717, 1.165) is 48.6 Å². The number of anilines is 1. The van der Waals surface area contributed by atoms with Gasteiger partial charge in [-0.3, -0.25) is 14.5 Å². The number of aryl methyl sites for hydroxylation is 1. The van der Waals surface area contributed by atoms with Crippen LogP contribution in [0.1, 0.15) is 40.9 Å². The Morgan fingerprint density at radius 2 is 1.83 bits per heavy atom. The summed E-state index contributed by atoms with van der Waals surface area (Å²) in [5, 5.41) is 3.04. The maximum absolute atomic E-state index is 13.0. The molecule has 0 aliphatic carbocycles. The van der Waals surface area contributed by atoms with Crippen LogP contribution in [0.2, 0.25) is 0 Å². The molecule has 2 amide bonds. The summed E-state index contributed by atoms with van der Waals surface area (Å²) in [5.41, 5.74) is 4.16. The van der Waals surface area contributed by atoms with Crippen LogP contribution in [0.5, 0.6) is 17.2 Å². The van der Waals surface area contributed by atoms with Crippen molar-refractivity contribution in [1.29, 1.82) is 0 Å². The van der Waals surface area contributed by atoms with Gasteiger partial charge in [-0.25, -0.2) is 0 Å². The number of amides is 2. The zero-order chi connectivity index (χ0) is 24.9. The van der Waals surface area contributed by atoms with E-state index < -0.39 is 5.41 Å². The quantitative estimate of drug-likeness (QED) is 0.710. The van der Waals surface area contributed by atoms with E-state index in [0.29, 0.717) is 30.2 Å². The first-order chi connectivity index (χ1) is 16.7.